The third kappa shape index (κ3) is 4.79. The lowest BCUT2D eigenvalue weighted by Gasteiger charge is -2.01. The summed E-state index contributed by atoms with van der Waals surface area (Å²) in [6, 6.07) is 0. The molecule has 0 aliphatic rings. The molecule has 1 aromatic heterocycles. The van der Waals surface area contributed by atoms with Gasteiger partial charge in [0.1, 0.15) is 5.69 Å². The topological polar surface area (TPSA) is 84.1 Å². The highest BCUT2D eigenvalue weighted by atomic mass is 32.2. The maximum absolute atomic E-state index is 11.4. The van der Waals surface area contributed by atoms with E-state index in [2.05, 4.69) is 15.3 Å². The maximum atomic E-state index is 11.4. The zero-order valence-electron chi connectivity index (χ0n) is 10.5. The Labute approximate surface area is 110 Å². The van der Waals surface area contributed by atoms with E-state index in [4.69, 9.17) is 4.74 Å². The monoisotopic (exact) mass is 271 g/mol. The summed E-state index contributed by atoms with van der Waals surface area (Å²) in [5.74, 6) is -0.210. The Morgan fingerprint density at radius 3 is 2.94 bits per heavy atom. The molecule has 7 heteroatoms. The van der Waals surface area contributed by atoms with Crippen molar-refractivity contribution < 1.29 is 14.3 Å². The number of imidazole rings is 1. The lowest BCUT2D eigenvalue weighted by Crippen LogP contribution is -2.25. The number of ether oxygens (including phenoxy) is 1. The molecule has 0 saturated heterocycles. The fourth-order valence-electron chi connectivity index (χ4n) is 1.14. The van der Waals surface area contributed by atoms with Crippen LogP contribution in [0.3, 0.4) is 0 Å². The van der Waals surface area contributed by atoms with Gasteiger partial charge >= 0.3 is 5.97 Å². The average molecular weight is 271 g/mol. The van der Waals surface area contributed by atoms with E-state index in [-0.39, 0.29) is 11.7 Å². The fraction of sp³-hybridized carbons (Fsp3) is 0.545. The third-order valence-electron chi connectivity index (χ3n) is 1.96. The second-order valence-electron chi connectivity index (χ2n) is 3.46. The number of H-pyrrole nitrogens is 1. The van der Waals surface area contributed by atoms with Crippen molar-refractivity contribution in [2.75, 3.05) is 18.9 Å². The van der Waals surface area contributed by atoms with Gasteiger partial charge in [-0.25, -0.2) is 9.78 Å². The Morgan fingerprint density at radius 1 is 1.50 bits per heavy atom. The number of carbonyl (C=O) groups is 2. The molecule has 0 radical (unpaired) electrons. The molecule has 0 fully saturated rings. The van der Waals surface area contributed by atoms with Gasteiger partial charge in [-0.15, -0.1) is 0 Å². The summed E-state index contributed by atoms with van der Waals surface area (Å²) >= 11 is 1.25. The van der Waals surface area contributed by atoms with Crippen molar-refractivity contribution in [2.24, 2.45) is 0 Å². The first-order valence-electron chi connectivity index (χ1n) is 5.79. The van der Waals surface area contributed by atoms with Gasteiger partial charge in [0.2, 0.25) is 5.91 Å². The number of amides is 1. The Balaban J connectivity index is 2.39. The molecule has 1 rings (SSSR count). The van der Waals surface area contributed by atoms with Crippen LogP contribution in [0.5, 0.6) is 0 Å². The smallest absolute Gasteiger partial charge is 0.356 e. The molecule has 0 aliphatic heterocycles. The first kappa shape index (κ1) is 14.6. The predicted molar refractivity (Wildman–Crippen MR) is 68.6 cm³/mol. The van der Waals surface area contributed by atoms with Crippen molar-refractivity contribution in [1.29, 1.82) is 0 Å². The van der Waals surface area contributed by atoms with Gasteiger partial charge < -0.3 is 15.0 Å². The normalized spacial score (nSPS) is 10.1. The van der Waals surface area contributed by atoms with Gasteiger partial charge in [-0.3, -0.25) is 4.79 Å². The van der Waals surface area contributed by atoms with Gasteiger partial charge in [0.05, 0.1) is 18.6 Å². The number of thioether (sulfide) groups is 1. The number of rotatable bonds is 7. The highest BCUT2D eigenvalue weighted by Gasteiger charge is 2.11. The Bertz CT molecular complexity index is 406. The quantitative estimate of drug-likeness (QED) is 0.575. The van der Waals surface area contributed by atoms with Crippen molar-refractivity contribution in [2.45, 2.75) is 25.4 Å². The van der Waals surface area contributed by atoms with E-state index in [0.29, 0.717) is 24.0 Å². The van der Waals surface area contributed by atoms with Crippen LogP contribution in [0.1, 0.15) is 30.8 Å². The molecule has 1 heterocycles. The summed E-state index contributed by atoms with van der Waals surface area (Å²) in [5, 5.41) is 3.29. The highest BCUT2D eigenvalue weighted by Crippen LogP contribution is 2.13. The summed E-state index contributed by atoms with van der Waals surface area (Å²) in [6.07, 6.45) is 2.31. The molecule has 6 nitrogen and oxygen atoms in total. The van der Waals surface area contributed by atoms with Gasteiger partial charge in [-0.2, -0.15) is 0 Å². The standard InChI is InChI=1S/C11H17N3O3S/c1-3-5-12-9(15)7-18-11-13-6-8(14-11)10(16)17-4-2/h6H,3-5,7H2,1-2H3,(H,12,15)(H,13,14). The first-order chi connectivity index (χ1) is 8.67. The van der Waals surface area contributed by atoms with E-state index < -0.39 is 5.97 Å². The molecule has 0 bridgehead atoms. The van der Waals surface area contributed by atoms with E-state index in [0.717, 1.165) is 6.42 Å². The third-order valence-corrected chi connectivity index (χ3v) is 2.85. The molecule has 100 valence electrons. The van der Waals surface area contributed by atoms with Crippen LogP contribution in [0, 0.1) is 0 Å². The molecule has 1 amide bonds. The summed E-state index contributed by atoms with van der Waals surface area (Å²) < 4.78 is 4.82. The number of hydrogen-bond donors (Lipinski definition) is 2. The molecular formula is C11H17N3O3S. The van der Waals surface area contributed by atoms with E-state index in [1.807, 2.05) is 6.92 Å². The van der Waals surface area contributed by atoms with Crippen LogP contribution < -0.4 is 5.32 Å². The maximum Gasteiger partial charge on any atom is 0.356 e. The van der Waals surface area contributed by atoms with Crippen LogP contribution in [0.15, 0.2) is 11.4 Å². The lowest BCUT2D eigenvalue weighted by molar-refractivity contribution is -0.118. The number of hydrogen-bond acceptors (Lipinski definition) is 5. The molecule has 0 aliphatic carbocycles. The predicted octanol–water partition coefficient (Wildman–Crippen LogP) is 1.20. The highest BCUT2D eigenvalue weighted by molar-refractivity contribution is 7.99. The van der Waals surface area contributed by atoms with Gasteiger partial charge in [0.25, 0.3) is 0 Å². The zero-order valence-corrected chi connectivity index (χ0v) is 11.3. The molecule has 0 aromatic carbocycles. The Hall–Kier alpha value is -1.50. The summed E-state index contributed by atoms with van der Waals surface area (Å²) in [7, 11) is 0. The fourth-order valence-corrected chi connectivity index (χ4v) is 1.82. The molecule has 0 unspecified atom stereocenters. The summed E-state index contributed by atoms with van der Waals surface area (Å²) in [4.78, 5) is 29.5. The van der Waals surface area contributed by atoms with Gasteiger partial charge in [0, 0.05) is 6.54 Å². The molecule has 18 heavy (non-hydrogen) atoms. The van der Waals surface area contributed by atoms with Crippen LogP contribution in [-0.4, -0.2) is 40.7 Å². The minimum atomic E-state index is -0.438. The molecule has 2 N–H and O–H groups in total. The van der Waals surface area contributed by atoms with Gasteiger partial charge in [-0.05, 0) is 13.3 Å². The van der Waals surface area contributed by atoms with E-state index in [9.17, 15) is 9.59 Å². The number of aromatic amines is 1. The number of nitrogens with zero attached hydrogens (tertiary/aromatic N) is 1. The van der Waals surface area contributed by atoms with Crippen LogP contribution in [-0.2, 0) is 9.53 Å². The number of nitrogens with one attached hydrogen (secondary N) is 2. The largest absolute Gasteiger partial charge is 0.461 e. The first-order valence-corrected chi connectivity index (χ1v) is 6.77. The van der Waals surface area contributed by atoms with Crippen LogP contribution in [0.25, 0.3) is 0 Å². The summed E-state index contributed by atoms with van der Waals surface area (Å²) in [6.45, 7) is 4.72. The van der Waals surface area contributed by atoms with Crippen molar-refractivity contribution in [3.63, 3.8) is 0 Å². The minimum Gasteiger partial charge on any atom is -0.461 e. The van der Waals surface area contributed by atoms with Crippen LogP contribution in [0.2, 0.25) is 0 Å². The van der Waals surface area contributed by atoms with Gasteiger partial charge in [0.15, 0.2) is 5.16 Å². The van der Waals surface area contributed by atoms with Crippen molar-refractivity contribution in [3.05, 3.63) is 11.9 Å². The van der Waals surface area contributed by atoms with Crippen molar-refractivity contribution >= 4 is 23.6 Å². The zero-order chi connectivity index (χ0) is 13.4. The van der Waals surface area contributed by atoms with E-state index in [1.54, 1.807) is 6.92 Å². The number of carbonyl (C=O) groups excluding carboxylic acids is 2. The molecule has 0 atom stereocenters. The molecule has 0 spiro atoms. The number of esters is 1. The minimum absolute atomic E-state index is 0.0454. The Morgan fingerprint density at radius 2 is 2.28 bits per heavy atom. The van der Waals surface area contributed by atoms with Crippen molar-refractivity contribution in [1.82, 2.24) is 15.3 Å². The second kappa shape index (κ2) is 7.75. The molecule has 0 saturated carbocycles. The average Bonchev–Trinajstić information content (AvgIpc) is 2.83. The van der Waals surface area contributed by atoms with Crippen LogP contribution >= 0.6 is 11.8 Å². The Kier molecular flexibility index (Phi) is 6.27. The molecular weight excluding hydrogens is 254 g/mol. The van der Waals surface area contributed by atoms with E-state index in [1.165, 1.54) is 18.0 Å². The molecule has 1 aromatic rings. The number of aromatic nitrogens is 2. The van der Waals surface area contributed by atoms with Gasteiger partial charge in [-0.1, -0.05) is 18.7 Å². The lowest BCUT2D eigenvalue weighted by atomic mass is 10.5. The van der Waals surface area contributed by atoms with Crippen molar-refractivity contribution in [3.8, 4) is 0 Å². The van der Waals surface area contributed by atoms with Crippen LogP contribution in [0.4, 0.5) is 0 Å². The summed E-state index contributed by atoms with van der Waals surface area (Å²) in [5.41, 5.74) is 0.299. The van der Waals surface area contributed by atoms with E-state index >= 15 is 0 Å². The SMILES string of the molecule is CCCNC(=O)CSc1ncc(C(=O)OCC)[nH]1. The second-order valence-corrected chi connectivity index (χ2v) is 4.43.